The molecular formula is C21H36O11. The normalized spacial score (nSPS) is 53.0. The summed E-state index contributed by atoms with van der Waals surface area (Å²) in [6, 6.07) is 0. The Morgan fingerprint density at radius 1 is 1.00 bits per heavy atom. The van der Waals surface area contributed by atoms with Crippen molar-refractivity contribution in [1.29, 1.82) is 0 Å². The van der Waals surface area contributed by atoms with Crippen LogP contribution in [0.25, 0.3) is 0 Å². The molecule has 5 fully saturated rings. The number of ether oxygens (including phenoxy) is 5. The van der Waals surface area contributed by atoms with Gasteiger partial charge in [0.25, 0.3) is 0 Å². The van der Waals surface area contributed by atoms with E-state index in [1.165, 1.54) is 0 Å². The molecule has 6 N–H and O–H groups in total. The van der Waals surface area contributed by atoms with Crippen LogP contribution in [-0.2, 0) is 23.7 Å². The maximum atomic E-state index is 10.5. The van der Waals surface area contributed by atoms with Crippen LogP contribution in [0.3, 0.4) is 0 Å². The van der Waals surface area contributed by atoms with Crippen molar-refractivity contribution >= 4 is 0 Å². The number of rotatable bonds is 6. The molecular weight excluding hydrogens is 428 g/mol. The van der Waals surface area contributed by atoms with Crippen LogP contribution in [0.2, 0.25) is 0 Å². The number of hydrogen-bond donors (Lipinski definition) is 6. The summed E-state index contributed by atoms with van der Waals surface area (Å²) < 4.78 is 28.8. The van der Waals surface area contributed by atoms with Crippen molar-refractivity contribution in [3.63, 3.8) is 0 Å². The van der Waals surface area contributed by atoms with Crippen LogP contribution in [-0.4, -0.2) is 116 Å². The van der Waals surface area contributed by atoms with Crippen molar-refractivity contribution in [3.05, 3.63) is 0 Å². The third-order valence-electron chi connectivity index (χ3n) is 7.62. The fourth-order valence-electron chi connectivity index (χ4n) is 5.33. The molecule has 11 unspecified atom stereocenters. The summed E-state index contributed by atoms with van der Waals surface area (Å²) in [5.74, 6) is 0.288. The van der Waals surface area contributed by atoms with Crippen molar-refractivity contribution in [2.75, 3.05) is 19.8 Å². The predicted molar refractivity (Wildman–Crippen MR) is 106 cm³/mol. The molecule has 4 saturated heterocycles. The van der Waals surface area contributed by atoms with Gasteiger partial charge >= 0.3 is 0 Å². The molecule has 186 valence electrons. The Morgan fingerprint density at radius 2 is 1.72 bits per heavy atom. The van der Waals surface area contributed by atoms with E-state index in [-0.39, 0.29) is 30.8 Å². The molecule has 1 aliphatic carbocycles. The number of hydrogen-bond acceptors (Lipinski definition) is 11. The van der Waals surface area contributed by atoms with Crippen molar-refractivity contribution in [2.24, 2.45) is 5.92 Å². The number of aliphatic hydroxyl groups is 6. The van der Waals surface area contributed by atoms with Gasteiger partial charge in [0.1, 0.15) is 36.1 Å². The van der Waals surface area contributed by atoms with Gasteiger partial charge in [-0.25, -0.2) is 0 Å². The summed E-state index contributed by atoms with van der Waals surface area (Å²) in [5, 5.41) is 60.6. The fraction of sp³-hybridized carbons (Fsp3) is 1.00. The molecule has 0 aromatic rings. The highest BCUT2D eigenvalue weighted by molar-refractivity contribution is 5.04. The van der Waals surface area contributed by atoms with E-state index >= 15 is 0 Å². The monoisotopic (exact) mass is 464 g/mol. The molecule has 0 aromatic carbocycles. The zero-order valence-corrected chi connectivity index (χ0v) is 18.7. The lowest BCUT2D eigenvalue weighted by Gasteiger charge is -2.58. The Hall–Kier alpha value is -0.440. The van der Waals surface area contributed by atoms with Gasteiger partial charge in [0.05, 0.1) is 37.1 Å². The zero-order valence-electron chi connectivity index (χ0n) is 18.7. The number of fused-ring (bicyclic) bond motifs is 3. The van der Waals surface area contributed by atoms with Gasteiger partial charge in [0.2, 0.25) is 0 Å². The summed E-state index contributed by atoms with van der Waals surface area (Å²) in [7, 11) is 0. The van der Waals surface area contributed by atoms with Gasteiger partial charge in [-0.3, -0.25) is 0 Å². The first kappa shape index (κ1) is 24.7. The molecule has 2 bridgehead atoms. The lowest BCUT2D eigenvalue weighted by atomic mass is 9.67. The first-order valence-corrected chi connectivity index (χ1v) is 11.2. The molecule has 0 amide bonds. The van der Waals surface area contributed by atoms with Crippen molar-refractivity contribution < 1.29 is 54.3 Å². The highest BCUT2D eigenvalue weighted by Crippen LogP contribution is 2.51. The van der Waals surface area contributed by atoms with E-state index in [9.17, 15) is 30.6 Å². The minimum atomic E-state index is -1.85. The Balaban J connectivity index is 1.39. The molecule has 1 saturated carbocycles. The Labute approximate surface area is 186 Å². The van der Waals surface area contributed by atoms with E-state index in [2.05, 4.69) is 13.8 Å². The van der Waals surface area contributed by atoms with Crippen LogP contribution in [0.15, 0.2) is 0 Å². The van der Waals surface area contributed by atoms with E-state index in [1.54, 1.807) is 0 Å². The maximum Gasteiger partial charge on any atom is 0.187 e. The van der Waals surface area contributed by atoms with Crippen LogP contribution in [0.1, 0.15) is 40.0 Å². The standard InChI is InChI=1S/C21H36O11/c1-19(2)10-4-5-20(3,32-19)12(6-10)31-17-15(25)14(24)13(23)11(30-17)7-28-18-16(26)21(27,8-22)9-29-18/h10-18,22-27H,4-9H2,1-3H3. The van der Waals surface area contributed by atoms with Gasteiger partial charge in [0.15, 0.2) is 12.6 Å². The second-order valence-corrected chi connectivity index (χ2v) is 10.3. The van der Waals surface area contributed by atoms with Crippen LogP contribution >= 0.6 is 0 Å². The second kappa shape index (κ2) is 8.65. The minimum Gasteiger partial charge on any atom is -0.393 e. The van der Waals surface area contributed by atoms with Gasteiger partial charge in [-0.15, -0.1) is 0 Å². The molecule has 11 nitrogen and oxygen atoms in total. The smallest absolute Gasteiger partial charge is 0.187 e. The van der Waals surface area contributed by atoms with Gasteiger partial charge < -0.3 is 54.3 Å². The average Bonchev–Trinajstić information content (AvgIpc) is 3.02. The van der Waals surface area contributed by atoms with E-state index in [1.807, 2.05) is 6.92 Å². The third kappa shape index (κ3) is 4.22. The molecule has 4 aliphatic heterocycles. The van der Waals surface area contributed by atoms with E-state index < -0.39 is 60.9 Å². The number of aliphatic hydroxyl groups excluding tert-OH is 5. The predicted octanol–water partition coefficient (Wildman–Crippen LogP) is -2.00. The molecule has 5 aliphatic rings. The zero-order chi connectivity index (χ0) is 23.5. The van der Waals surface area contributed by atoms with Crippen LogP contribution < -0.4 is 0 Å². The molecule has 32 heavy (non-hydrogen) atoms. The molecule has 11 heteroatoms. The van der Waals surface area contributed by atoms with Gasteiger partial charge in [-0.05, 0) is 46.0 Å². The van der Waals surface area contributed by atoms with Gasteiger partial charge in [0, 0.05) is 0 Å². The van der Waals surface area contributed by atoms with E-state index in [0.717, 1.165) is 19.3 Å². The lowest BCUT2D eigenvalue weighted by molar-refractivity contribution is -0.356. The van der Waals surface area contributed by atoms with Gasteiger partial charge in [-0.1, -0.05) is 0 Å². The van der Waals surface area contributed by atoms with Crippen molar-refractivity contribution in [3.8, 4) is 0 Å². The van der Waals surface area contributed by atoms with Gasteiger partial charge in [-0.2, -0.15) is 0 Å². The highest BCUT2D eigenvalue weighted by atomic mass is 16.7. The largest absolute Gasteiger partial charge is 0.393 e. The second-order valence-electron chi connectivity index (χ2n) is 10.3. The Bertz CT molecular complexity index is 676. The summed E-state index contributed by atoms with van der Waals surface area (Å²) in [4.78, 5) is 0. The molecule has 0 spiro atoms. The van der Waals surface area contributed by atoms with E-state index in [4.69, 9.17) is 23.7 Å². The molecule has 5 rings (SSSR count). The minimum absolute atomic E-state index is 0.274. The summed E-state index contributed by atoms with van der Waals surface area (Å²) in [6.45, 7) is 4.73. The molecule has 0 radical (unpaired) electrons. The highest BCUT2D eigenvalue weighted by Gasteiger charge is 2.56. The van der Waals surface area contributed by atoms with Crippen LogP contribution in [0.5, 0.6) is 0 Å². The lowest BCUT2D eigenvalue weighted by Crippen LogP contribution is -2.65. The van der Waals surface area contributed by atoms with Crippen molar-refractivity contribution in [1.82, 2.24) is 0 Å². The quantitative estimate of drug-likeness (QED) is 0.257. The van der Waals surface area contributed by atoms with Crippen LogP contribution in [0, 0.1) is 5.92 Å². The van der Waals surface area contributed by atoms with Crippen LogP contribution in [0.4, 0.5) is 0 Å². The summed E-state index contributed by atoms with van der Waals surface area (Å²) in [5.41, 5.74) is -2.68. The first-order valence-electron chi connectivity index (χ1n) is 11.2. The molecule has 0 aromatic heterocycles. The first-order chi connectivity index (χ1) is 14.9. The topological polar surface area (TPSA) is 168 Å². The molecule has 4 heterocycles. The SMILES string of the molecule is CC1(C)OC2(C)CCC1CC2OC1OC(COC2OCC(O)(CO)C2O)C(O)C(O)C1O. The van der Waals surface area contributed by atoms with Crippen molar-refractivity contribution in [2.45, 2.75) is 106 Å². The summed E-state index contributed by atoms with van der Waals surface area (Å²) in [6.07, 6.45) is -7.41. The molecule has 11 atom stereocenters. The van der Waals surface area contributed by atoms with E-state index in [0.29, 0.717) is 0 Å². The fourth-order valence-corrected chi connectivity index (χ4v) is 5.33. The third-order valence-corrected chi connectivity index (χ3v) is 7.62. The Morgan fingerprint density at radius 3 is 2.31 bits per heavy atom. The maximum absolute atomic E-state index is 10.5. The Kier molecular flexibility index (Phi) is 6.67. The summed E-state index contributed by atoms with van der Waals surface area (Å²) >= 11 is 0. The average molecular weight is 465 g/mol.